The summed E-state index contributed by atoms with van der Waals surface area (Å²) in [6, 6.07) is 7.46. The van der Waals surface area contributed by atoms with Crippen molar-refractivity contribution >= 4 is 29.1 Å². The molecule has 2 N–H and O–H groups in total. The molecule has 0 bridgehead atoms. The van der Waals surface area contributed by atoms with E-state index in [1.165, 1.54) is 4.68 Å². The van der Waals surface area contributed by atoms with Crippen LogP contribution in [0.4, 0.5) is 0 Å². The Morgan fingerprint density at radius 1 is 1.30 bits per heavy atom. The van der Waals surface area contributed by atoms with E-state index in [0.717, 1.165) is 11.9 Å². The van der Waals surface area contributed by atoms with E-state index in [2.05, 4.69) is 15.7 Å². The van der Waals surface area contributed by atoms with Gasteiger partial charge in [0.1, 0.15) is 0 Å². The van der Waals surface area contributed by atoms with Gasteiger partial charge in [0.2, 0.25) is 5.91 Å². The van der Waals surface area contributed by atoms with Crippen LogP contribution in [0, 0.1) is 0 Å². The van der Waals surface area contributed by atoms with Crippen LogP contribution in [0.3, 0.4) is 0 Å². The number of likely N-dealkylation sites (N-methyl/N-ethyl adjacent to an activating group) is 1. The van der Waals surface area contributed by atoms with Gasteiger partial charge in [0, 0.05) is 25.0 Å². The second kappa shape index (κ2) is 8.64. The Hall–Kier alpha value is -1.92. The Morgan fingerprint density at radius 2 is 1.96 bits per heavy atom. The molecule has 2 rings (SSSR count). The fourth-order valence-corrected chi connectivity index (χ4v) is 2.41. The minimum absolute atomic E-state index is 0. The van der Waals surface area contributed by atoms with Crippen molar-refractivity contribution in [1.29, 1.82) is 0 Å². The van der Waals surface area contributed by atoms with Crippen LogP contribution < -0.4 is 16.2 Å². The van der Waals surface area contributed by atoms with Gasteiger partial charge in [-0.05, 0) is 19.5 Å². The molecule has 1 aromatic heterocycles. The third kappa shape index (κ3) is 4.77. The molecule has 2 aromatic rings. The van der Waals surface area contributed by atoms with Crippen LogP contribution in [0.15, 0.2) is 29.1 Å². The van der Waals surface area contributed by atoms with Crippen molar-refractivity contribution in [3.8, 4) is 0 Å². The van der Waals surface area contributed by atoms with E-state index >= 15 is 0 Å². The van der Waals surface area contributed by atoms with Crippen LogP contribution in [0.5, 0.6) is 0 Å². The van der Waals surface area contributed by atoms with E-state index < -0.39 is 0 Å². The highest BCUT2D eigenvalue weighted by Gasteiger charge is 2.12. The summed E-state index contributed by atoms with van der Waals surface area (Å²) in [6.07, 6.45) is 0.160. The lowest BCUT2D eigenvalue weighted by atomic mass is 10.1. The Kier molecular flexibility index (Phi) is 7.19. The van der Waals surface area contributed by atoms with Gasteiger partial charge in [0.15, 0.2) is 0 Å². The largest absolute Gasteiger partial charge is 0.354 e. The van der Waals surface area contributed by atoms with E-state index in [4.69, 9.17) is 0 Å². The van der Waals surface area contributed by atoms with Gasteiger partial charge >= 0.3 is 0 Å². The molecule has 0 radical (unpaired) electrons. The van der Waals surface area contributed by atoms with Gasteiger partial charge in [-0.2, -0.15) is 5.10 Å². The molecule has 0 aliphatic rings. The first kappa shape index (κ1) is 19.1. The molecule has 0 aliphatic heterocycles. The van der Waals surface area contributed by atoms with Crippen molar-refractivity contribution in [2.75, 3.05) is 13.1 Å². The summed E-state index contributed by atoms with van der Waals surface area (Å²) < 4.78 is 1.28. The summed E-state index contributed by atoms with van der Waals surface area (Å²) in [6.45, 7) is 5.48. The molecule has 6 nitrogen and oxygen atoms in total. The zero-order chi connectivity index (χ0) is 16.1. The number of aryl methyl sites for hydroxylation is 1. The predicted molar refractivity (Wildman–Crippen MR) is 94.1 cm³/mol. The summed E-state index contributed by atoms with van der Waals surface area (Å²) in [4.78, 5) is 24.1. The Morgan fingerprint density at radius 3 is 2.61 bits per heavy atom. The van der Waals surface area contributed by atoms with Gasteiger partial charge in [-0.1, -0.05) is 25.1 Å². The average molecular weight is 339 g/mol. The maximum Gasteiger partial charge on any atom is 0.274 e. The SMILES string of the molecule is CCN[C@H](C)CNC(=O)Cc1nn(C)c(=O)c2ccccc12.Cl. The quantitative estimate of drug-likeness (QED) is 0.824. The van der Waals surface area contributed by atoms with Crippen molar-refractivity contribution < 1.29 is 4.79 Å². The first-order valence-electron chi connectivity index (χ1n) is 7.48. The number of rotatable bonds is 6. The second-order valence-corrected chi connectivity index (χ2v) is 5.36. The number of halogens is 1. The summed E-state index contributed by atoms with van der Waals surface area (Å²) in [5.74, 6) is -0.0962. The van der Waals surface area contributed by atoms with Crippen LogP contribution in [0.25, 0.3) is 10.8 Å². The highest BCUT2D eigenvalue weighted by atomic mass is 35.5. The number of benzene rings is 1. The normalized spacial score (nSPS) is 11.8. The maximum absolute atomic E-state index is 12.1. The lowest BCUT2D eigenvalue weighted by Gasteiger charge is -2.13. The number of carbonyl (C=O) groups is 1. The highest BCUT2D eigenvalue weighted by molar-refractivity contribution is 5.88. The first-order valence-corrected chi connectivity index (χ1v) is 7.48. The first-order chi connectivity index (χ1) is 10.5. The van der Waals surface area contributed by atoms with Gasteiger partial charge in [-0.25, -0.2) is 4.68 Å². The molecule has 1 aromatic carbocycles. The smallest absolute Gasteiger partial charge is 0.274 e. The van der Waals surface area contributed by atoms with E-state index in [9.17, 15) is 9.59 Å². The number of aromatic nitrogens is 2. The minimum Gasteiger partial charge on any atom is -0.354 e. The minimum atomic E-state index is -0.152. The fourth-order valence-electron chi connectivity index (χ4n) is 2.41. The predicted octanol–water partition coefficient (Wildman–Crippen LogP) is 1.01. The number of fused-ring (bicyclic) bond motifs is 1. The molecule has 7 heteroatoms. The molecule has 0 saturated heterocycles. The van der Waals surface area contributed by atoms with Crippen LogP contribution in [0.1, 0.15) is 19.5 Å². The number of carbonyl (C=O) groups excluding carboxylic acids is 1. The standard InChI is InChI=1S/C16H22N4O2.ClH/c1-4-17-11(2)10-18-15(21)9-14-12-7-5-6-8-13(12)16(22)20(3)19-14;/h5-8,11,17H,4,9-10H2,1-3H3,(H,18,21);1H/t11-;/m1./s1. The van der Waals surface area contributed by atoms with E-state index in [1.54, 1.807) is 13.1 Å². The number of amides is 1. The molecule has 0 aliphatic carbocycles. The fraction of sp³-hybridized carbons (Fsp3) is 0.438. The Labute approximate surface area is 141 Å². The molecule has 0 fully saturated rings. The van der Waals surface area contributed by atoms with Gasteiger partial charge in [0.05, 0.1) is 17.5 Å². The van der Waals surface area contributed by atoms with Gasteiger partial charge in [-0.15, -0.1) is 12.4 Å². The van der Waals surface area contributed by atoms with Gasteiger partial charge in [-0.3, -0.25) is 9.59 Å². The topological polar surface area (TPSA) is 76.0 Å². The zero-order valence-electron chi connectivity index (χ0n) is 13.6. The molecule has 0 saturated carbocycles. The Balaban J connectivity index is 0.00000264. The molecular weight excluding hydrogens is 316 g/mol. The second-order valence-electron chi connectivity index (χ2n) is 5.36. The molecular formula is C16H23ClN4O2. The van der Waals surface area contributed by atoms with Crippen LogP contribution in [-0.4, -0.2) is 34.8 Å². The third-order valence-electron chi connectivity index (χ3n) is 3.52. The van der Waals surface area contributed by atoms with Crippen molar-refractivity contribution in [3.63, 3.8) is 0 Å². The zero-order valence-corrected chi connectivity index (χ0v) is 14.4. The number of nitrogens with zero attached hydrogens (tertiary/aromatic N) is 2. The van der Waals surface area contributed by atoms with E-state index in [-0.39, 0.29) is 36.3 Å². The van der Waals surface area contributed by atoms with Crippen molar-refractivity contribution in [2.45, 2.75) is 26.3 Å². The summed E-state index contributed by atoms with van der Waals surface area (Å²) in [5.41, 5.74) is 0.465. The van der Waals surface area contributed by atoms with Gasteiger partial charge in [0.25, 0.3) is 5.56 Å². The van der Waals surface area contributed by atoms with E-state index in [0.29, 0.717) is 17.6 Å². The lowest BCUT2D eigenvalue weighted by Crippen LogP contribution is -2.39. The summed E-state index contributed by atoms with van der Waals surface area (Å²) in [5, 5.41) is 11.7. The molecule has 126 valence electrons. The average Bonchev–Trinajstić information content (AvgIpc) is 2.51. The van der Waals surface area contributed by atoms with Crippen LogP contribution >= 0.6 is 12.4 Å². The molecule has 1 amide bonds. The molecule has 0 unspecified atom stereocenters. The number of nitrogens with one attached hydrogen (secondary N) is 2. The molecule has 1 atom stereocenters. The molecule has 0 spiro atoms. The summed E-state index contributed by atoms with van der Waals surface area (Å²) in [7, 11) is 1.60. The van der Waals surface area contributed by atoms with E-state index in [1.807, 2.05) is 32.0 Å². The van der Waals surface area contributed by atoms with Crippen molar-refractivity contribution in [2.24, 2.45) is 7.05 Å². The Bertz CT molecular complexity index is 730. The molecule has 1 heterocycles. The monoisotopic (exact) mass is 338 g/mol. The van der Waals surface area contributed by atoms with Crippen LogP contribution in [0.2, 0.25) is 0 Å². The van der Waals surface area contributed by atoms with Gasteiger partial charge < -0.3 is 10.6 Å². The van der Waals surface area contributed by atoms with Crippen molar-refractivity contribution in [3.05, 3.63) is 40.3 Å². The number of hydrogen-bond acceptors (Lipinski definition) is 4. The highest BCUT2D eigenvalue weighted by Crippen LogP contribution is 2.13. The van der Waals surface area contributed by atoms with Crippen LogP contribution in [-0.2, 0) is 18.3 Å². The maximum atomic E-state index is 12.1. The lowest BCUT2D eigenvalue weighted by molar-refractivity contribution is -0.120. The molecule has 23 heavy (non-hydrogen) atoms. The van der Waals surface area contributed by atoms with Crippen molar-refractivity contribution in [1.82, 2.24) is 20.4 Å². The summed E-state index contributed by atoms with van der Waals surface area (Å²) >= 11 is 0. The third-order valence-corrected chi connectivity index (χ3v) is 3.52. The number of hydrogen-bond donors (Lipinski definition) is 2.